The molecular weight excluding hydrogens is 364 g/mol. The molecule has 0 aliphatic carbocycles. The van der Waals surface area contributed by atoms with Gasteiger partial charge in [-0.2, -0.15) is 0 Å². The van der Waals surface area contributed by atoms with Crippen molar-refractivity contribution in [2.45, 2.75) is 59.2 Å². The summed E-state index contributed by atoms with van der Waals surface area (Å²) >= 11 is 0. The average molecular weight is 397 g/mol. The van der Waals surface area contributed by atoms with Gasteiger partial charge < -0.3 is 15.0 Å². The Balaban J connectivity index is 2.19. The maximum atomic E-state index is 13.1. The van der Waals surface area contributed by atoms with Crippen molar-refractivity contribution >= 4 is 11.8 Å². The molecule has 5 heteroatoms. The third-order valence-electron chi connectivity index (χ3n) is 5.03. The summed E-state index contributed by atoms with van der Waals surface area (Å²) in [5.41, 5.74) is 1.95. The largest absolute Gasteiger partial charge is 0.484 e. The topological polar surface area (TPSA) is 58.6 Å². The Kier molecular flexibility index (Phi) is 8.71. The minimum atomic E-state index is -0.544. The number of hydrogen-bond donors (Lipinski definition) is 1. The SMILES string of the molecule is CCC(C)NC(=O)C(CC)N(Cc1ccccc1)C(=O)COc1ccccc1C. The summed E-state index contributed by atoms with van der Waals surface area (Å²) in [7, 11) is 0. The minimum absolute atomic E-state index is 0.0634. The first-order valence-corrected chi connectivity index (χ1v) is 10.3. The molecule has 0 fully saturated rings. The van der Waals surface area contributed by atoms with Gasteiger partial charge in [-0.1, -0.05) is 62.4 Å². The highest BCUT2D eigenvalue weighted by Gasteiger charge is 2.29. The van der Waals surface area contributed by atoms with Gasteiger partial charge >= 0.3 is 0 Å². The van der Waals surface area contributed by atoms with E-state index in [4.69, 9.17) is 4.74 Å². The smallest absolute Gasteiger partial charge is 0.261 e. The molecule has 0 radical (unpaired) electrons. The third kappa shape index (κ3) is 6.63. The lowest BCUT2D eigenvalue weighted by atomic mass is 10.1. The second-order valence-electron chi connectivity index (χ2n) is 7.30. The molecule has 0 heterocycles. The number of nitrogens with zero attached hydrogens (tertiary/aromatic N) is 1. The second kappa shape index (κ2) is 11.2. The van der Waals surface area contributed by atoms with Gasteiger partial charge in [-0.15, -0.1) is 0 Å². The zero-order chi connectivity index (χ0) is 21.2. The van der Waals surface area contributed by atoms with Crippen LogP contribution in [0.2, 0.25) is 0 Å². The van der Waals surface area contributed by atoms with Crippen LogP contribution in [0.1, 0.15) is 44.7 Å². The van der Waals surface area contributed by atoms with E-state index < -0.39 is 6.04 Å². The van der Waals surface area contributed by atoms with Crippen LogP contribution in [0, 0.1) is 6.92 Å². The maximum absolute atomic E-state index is 13.1. The molecule has 0 aliphatic heterocycles. The molecule has 29 heavy (non-hydrogen) atoms. The molecule has 5 nitrogen and oxygen atoms in total. The van der Waals surface area contributed by atoms with Crippen molar-refractivity contribution < 1.29 is 14.3 Å². The zero-order valence-corrected chi connectivity index (χ0v) is 17.9. The molecule has 2 rings (SSSR count). The van der Waals surface area contributed by atoms with Gasteiger partial charge in [0.2, 0.25) is 5.91 Å². The number of rotatable bonds is 10. The Bertz CT molecular complexity index is 792. The average Bonchev–Trinajstić information content (AvgIpc) is 2.73. The van der Waals surface area contributed by atoms with Crippen LogP contribution in [0.15, 0.2) is 54.6 Å². The number of carbonyl (C=O) groups is 2. The van der Waals surface area contributed by atoms with Crippen LogP contribution in [0.4, 0.5) is 0 Å². The number of carbonyl (C=O) groups excluding carboxylic acids is 2. The quantitative estimate of drug-likeness (QED) is 0.658. The van der Waals surface area contributed by atoms with Crippen LogP contribution in [-0.4, -0.2) is 35.4 Å². The number of nitrogens with one attached hydrogen (secondary N) is 1. The molecule has 0 saturated carbocycles. The van der Waals surface area contributed by atoms with Gasteiger partial charge in [-0.25, -0.2) is 0 Å². The van der Waals surface area contributed by atoms with E-state index in [-0.39, 0.29) is 24.5 Å². The van der Waals surface area contributed by atoms with E-state index in [0.717, 1.165) is 17.5 Å². The van der Waals surface area contributed by atoms with Gasteiger partial charge in [0, 0.05) is 12.6 Å². The number of benzene rings is 2. The fraction of sp³-hybridized carbons (Fsp3) is 0.417. The Labute approximate surface area is 174 Å². The molecule has 0 aliphatic rings. The van der Waals surface area contributed by atoms with E-state index in [0.29, 0.717) is 18.7 Å². The Hall–Kier alpha value is -2.82. The molecular formula is C24H32N2O3. The summed E-state index contributed by atoms with van der Waals surface area (Å²) in [4.78, 5) is 27.6. The fourth-order valence-corrected chi connectivity index (χ4v) is 3.08. The van der Waals surface area contributed by atoms with E-state index in [2.05, 4.69) is 5.32 Å². The summed E-state index contributed by atoms with van der Waals surface area (Å²) in [6.07, 6.45) is 1.37. The molecule has 2 unspecified atom stereocenters. The number of hydrogen-bond acceptors (Lipinski definition) is 3. The summed E-state index contributed by atoms with van der Waals surface area (Å²) in [5.74, 6) is 0.350. The molecule has 0 bridgehead atoms. The molecule has 2 aromatic carbocycles. The molecule has 0 aromatic heterocycles. The first kappa shape index (κ1) is 22.5. The molecule has 1 N–H and O–H groups in total. The lowest BCUT2D eigenvalue weighted by Crippen LogP contribution is -2.51. The van der Waals surface area contributed by atoms with E-state index in [1.165, 1.54) is 0 Å². The highest BCUT2D eigenvalue weighted by molar-refractivity contribution is 5.88. The van der Waals surface area contributed by atoms with Crippen molar-refractivity contribution in [2.75, 3.05) is 6.61 Å². The first-order valence-electron chi connectivity index (χ1n) is 10.3. The van der Waals surface area contributed by atoms with Gasteiger partial charge in [-0.3, -0.25) is 9.59 Å². The van der Waals surface area contributed by atoms with Gasteiger partial charge in [0.15, 0.2) is 6.61 Å². The number of ether oxygens (including phenoxy) is 1. The van der Waals surface area contributed by atoms with Crippen LogP contribution in [0.3, 0.4) is 0 Å². The van der Waals surface area contributed by atoms with E-state index in [1.54, 1.807) is 4.90 Å². The van der Waals surface area contributed by atoms with Gasteiger partial charge in [0.25, 0.3) is 5.91 Å². The number of aryl methyl sites for hydroxylation is 1. The van der Waals surface area contributed by atoms with Crippen LogP contribution in [-0.2, 0) is 16.1 Å². The second-order valence-corrected chi connectivity index (χ2v) is 7.30. The predicted molar refractivity (Wildman–Crippen MR) is 116 cm³/mol. The van der Waals surface area contributed by atoms with Gasteiger partial charge in [0.05, 0.1) is 0 Å². The molecule has 2 aromatic rings. The van der Waals surface area contributed by atoms with E-state index >= 15 is 0 Å². The summed E-state index contributed by atoms with van der Waals surface area (Å²) in [6, 6.07) is 16.8. The van der Waals surface area contributed by atoms with Crippen LogP contribution in [0.5, 0.6) is 5.75 Å². The van der Waals surface area contributed by atoms with Crippen molar-refractivity contribution in [1.29, 1.82) is 0 Å². The van der Waals surface area contributed by atoms with Crippen molar-refractivity contribution in [3.8, 4) is 5.75 Å². The molecule has 0 saturated heterocycles. The normalized spacial score (nSPS) is 12.7. The van der Waals surface area contributed by atoms with E-state index in [1.807, 2.05) is 82.3 Å². The summed E-state index contributed by atoms with van der Waals surface area (Å²) in [6.45, 7) is 8.11. The highest BCUT2D eigenvalue weighted by Crippen LogP contribution is 2.18. The summed E-state index contributed by atoms with van der Waals surface area (Å²) < 4.78 is 5.77. The van der Waals surface area contributed by atoms with Crippen molar-refractivity contribution in [2.24, 2.45) is 0 Å². The number of para-hydroxylation sites is 1. The van der Waals surface area contributed by atoms with Crippen LogP contribution < -0.4 is 10.1 Å². The third-order valence-corrected chi connectivity index (χ3v) is 5.03. The monoisotopic (exact) mass is 396 g/mol. The molecule has 2 amide bonds. The maximum Gasteiger partial charge on any atom is 0.261 e. The summed E-state index contributed by atoms with van der Waals surface area (Å²) in [5, 5.41) is 3.01. The minimum Gasteiger partial charge on any atom is -0.484 e. The lowest BCUT2D eigenvalue weighted by molar-refractivity contribution is -0.143. The van der Waals surface area contributed by atoms with Crippen molar-refractivity contribution in [3.63, 3.8) is 0 Å². The predicted octanol–water partition coefficient (Wildman–Crippen LogP) is 4.10. The van der Waals surface area contributed by atoms with E-state index in [9.17, 15) is 9.59 Å². The van der Waals surface area contributed by atoms with Gasteiger partial charge in [-0.05, 0) is 43.9 Å². The standard InChI is InChI=1S/C24H32N2O3/c1-5-19(4)25-24(28)21(6-2)26(16-20-13-8-7-9-14-20)23(27)17-29-22-15-11-10-12-18(22)3/h7-15,19,21H,5-6,16-17H2,1-4H3,(H,25,28). The van der Waals surface area contributed by atoms with Crippen LogP contribution >= 0.6 is 0 Å². The zero-order valence-electron chi connectivity index (χ0n) is 17.9. The van der Waals surface area contributed by atoms with Gasteiger partial charge in [0.1, 0.15) is 11.8 Å². The molecule has 0 spiro atoms. The molecule has 156 valence electrons. The molecule has 2 atom stereocenters. The van der Waals surface area contributed by atoms with Crippen molar-refractivity contribution in [3.05, 3.63) is 65.7 Å². The van der Waals surface area contributed by atoms with Crippen LogP contribution in [0.25, 0.3) is 0 Å². The first-order chi connectivity index (χ1) is 14.0. The highest BCUT2D eigenvalue weighted by atomic mass is 16.5. The fourth-order valence-electron chi connectivity index (χ4n) is 3.08. The Morgan fingerprint density at radius 1 is 1.00 bits per heavy atom. The number of amides is 2. The lowest BCUT2D eigenvalue weighted by Gasteiger charge is -2.31. The Morgan fingerprint density at radius 2 is 1.66 bits per heavy atom. The Morgan fingerprint density at radius 3 is 2.28 bits per heavy atom. The van der Waals surface area contributed by atoms with Crippen molar-refractivity contribution in [1.82, 2.24) is 10.2 Å².